The minimum absolute atomic E-state index is 0.469. The third-order valence-corrected chi connectivity index (χ3v) is 2.35. The molecular weight excluding hydrogens is 230 g/mol. The third kappa shape index (κ3) is 3.90. The number of benzene rings is 1. The Morgan fingerprint density at radius 1 is 1.33 bits per heavy atom. The zero-order valence-corrected chi connectivity index (χ0v) is 10.4. The predicted octanol–water partition coefficient (Wildman–Crippen LogP) is 2.61. The number of allylic oxidation sites excluding steroid dienone is 1. The standard InChI is InChI=1S/C14H15NO3/c1-9(2)11-4-5-12(10(3)8-11)15-13(16)6-7-14(17)18/h4-8H,1H2,2-3H3,(H,15,16)(H,17,18)/b7-6-. The Hall–Kier alpha value is -2.36. The van der Waals surface area contributed by atoms with Crippen LogP contribution in [0.4, 0.5) is 5.69 Å². The summed E-state index contributed by atoms with van der Waals surface area (Å²) >= 11 is 0. The first-order valence-corrected chi connectivity index (χ1v) is 5.38. The van der Waals surface area contributed by atoms with Gasteiger partial charge in [-0.25, -0.2) is 4.79 Å². The number of carboxylic acid groups (broad SMARTS) is 1. The summed E-state index contributed by atoms with van der Waals surface area (Å²) in [5.74, 6) is -1.62. The van der Waals surface area contributed by atoms with Gasteiger partial charge in [0, 0.05) is 17.8 Å². The van der Waals surface area contributed by atoms with Crippen LogP contribution in [-0.4, -0.2) is 17.0 Å². The molecule has 0 aliphatic carbocycles. The van der Waals surface area contributed by atoms with Crippen LogP contribution < -0.4 is 5.32 Å². The maximum atomic E-state index is 11.4. The van der Waals surface area contributed by atoms with Gasteiger partial charge in [0.2, 0.25) is 5.91 Å². The molecule has 0 radical (unpaired) electrons. The first-order valence-electron chi connectivity index (χ1n) is 5.38. The summed E-state index contributed by atoms with van der Waals surface area (Å²) in [6.45, 7) is 7.61. The molecule has 0 aliphatic heterocycles. The monoisotopic (exact) mass is 245 g/mol. The van der Waals surface area contributed by atoms with Crippen LogP contribution in [-0.2, 0) is 9.59 Å². The van der Waals surface area contributed by atoms with Crippen LogP contribution >= 0.6 is 0 Å². The third-order valence-electron chi connectivity index (χ3n) is 2.35. The van der Waals surface area contributed by atoms with Crippen molar-refractivity contribution in [2.24, 2.45) is 0 Å². The van der Waals surface area contributed by atoms with E-state index in [4.69, 9.17) is 5.11 Å². The molecule has 0 atom stereocenters. The number of carbonyl (C=O) groups excluding carboxylic acids is 1. The minimum atomic E-state index is -1.15. The average Bonchev–Trinajstić information content (AvgIpc) is 2.29. The topological polar surface area (TPSA) is 66.4 Å². The van der Waals surface area contributed by atoms with Gasteiger partial charge in [0.05, 0.1) is 0 Å². The van der Waals surface area contributed by atoms with Crippen molar-refractivity contribution in [3.8, 4) is 0 Å². The summed E-state index contributed by atoms with van der Waals surface area (Å²) in [7, 11) is 0. The molecule has 1 aromatic rings. The lowest BCUT2D eigenvalue weighted by molar-refractivity contribution is -0.131. The largest absolute Gasteiger partial charge is 0.478 e. The van der Waals surface area contributed by atoms with E-state index in [1.807, 2.05) is 26.0 Å². The number of aryl methyl sites for hydroxylation is 1. The fraction of sp³-hybridized carbons (Fsp3) is 0.143. The number of hydrogen-bond donors (Lipinski definition) is 2. The summed E-state index contributed by atoms with van der Waals surface area (Å²) in [4.78, 5) is 21.7. The highest BCUT2D eigenvalue weighted by atomic mass is 16.4. The van der Waals surface area contributed by atoms with Crippen molar-refractivity contribution in [1.82, 2.24) is 0 Å². The van der Waals surface area contributed by atoms with Crippen molar-refractivity contribution >= 4 is 23.1 Å². The van der Waals surface area contributed by atoms with Crippen LogP contribution in [0.5, 0.6) is 0 Å². The molecule has 2 N–H and O–H groups in total. The van der Waals surface area contributed by atoms with Gasteiger partial charge in [0.1, 0.15) is 0 Å². The van der Waals surface area contributed by atoms with E-state index in [2.05, 4.69) is 11.9 Å². The maximum absolute atomic E-state index is 11.4. The van der Waals surface area contributed by atoms with Crippen LogP contribution in [0.3, 0.4) is 0 Å². The lowest BCUT2D eigenvalue weighted by Gasteiger charge is -2.08. The van der Waals surface area contributed by atoms with Gasteiger partial charge in [0.15, 0.2) is 0 Å². The highest BCUT2D eigenvalue weighted by molar-refractivity contribution is 6.02. The Morgan fingerprint density at radius 2 is 2.00 bits per heavy atom. The van der Waals surface area contributed by atoms with E-state index in [9.17, 15) is 9.59 Å². The molecule has 0 aliphatic rings. The SMILES string of the molecule is C=C(C)c1ccc(NC(=O)/C=C\C(=O)O)c(C)c1. The van der Waals surface area contributed by atoms with E-state index in [1.165, 1.54) is 0 Å². The molecule has 4 nitrogen and oxygen atoms in total. The van der Waals surface area contributed by atoms with Gasteiger partial charge in [-0.3, -0.25) is 4.79 Å². The quantitative estimate of drug-likeness (QED) is 0.801. The van der Waals surface area contributed by atoms with E-state index < -0.39 is 11.9 Å². The lowest BCUT2D eigenvalue weighted by atomic mass is 10.0. The Balaban J connectivity index is 2.83. The molecule has 0 saturated heterocycles. The van der Waals surface area contributed by atoms with Crippen molar-refractivity contribution < 1.29 is 14.7 Å². The molecule has 0 bridgehead atoms. The second kappa shape index (κ2) is 5.82. The van der Waals surface area contributed by atoms with Gasteiger partial charge in [-0.05, 0) is 37.1 Å². The fourth-order valence-electron chi connectivity index (χ4n) is 1.39. The molecule has 0 unspecified atom stereocenters. The number of carboxylic acids is 1. The normalized spacial score (nSPS) is 10.3. The van der Waals surface area contributed by atoms with Crippen molar-refractivity contribution in [1.29, 1.82) is 0 Å². The molecule has 0 spiro atoms. The predicted molar refractivity (Wildman–Crippen MR) is 71.3 cm³/mol. The lowest BCUT2D eigenvalue weighted by Crippen LogP contribution is -2.09. The molecule has 0 aromatic heterocycles. The fourth-order valence-corrected chi connectivity index (χ4v) is 1.39. The summed E-state index contributed by atoms with van der Waals surface area (Å²) in [6.07, 6.45) is 1.78. The van der Waals surface area contributed by atoms with Crippen molar-refractivity contribution in [2.45, 2.75) is 13.8 Å². The highest BCUT2D eigenvalue weighted by Gasteiger charge is 2.03. The van der Waals surface area contributed by atoms with Crippen molar-refractivity contribution in [3.63, 3.8) is 0 Å². The Kier molecular flexibility index (Phi) is 4.43. The molecule has 0 heterocycles. The smallest absolute Gasteiger partial charge is 0.328 e. The summed E-state index contributed by atoms with van der Waals surface area (Å²) in [5.41, 5.74) is 3.50. The molecule has 1 amide bonds. The van der Waals surface area contributed by atoms with E-state index in [0.717, 1.165) is 28.9 Å². The van der Waals surface area contributed by atoms with Crippen LogP contribution in [0.1, 0.15) is 18.1 Å². The van der Waals surface area contributed by atoms with Crippen LogP contribution in [0, 0.1) is 6.92 Å². The number of aliphatic carboxylic acids is 1. The molecule has 4 heteroatoms. The van der Waals surface area contributed by atoms with E-state index in [-0.39, 0.29) is 0 Å². The summed E-state index contributed by atoms with van der Waals surface area (Å²) in [5, 5.41) is 11.0. The zero-order chi connectivity index (χ0) is 13.7. The van der Waals surface area contributed by atoms with Gasteiger partial charge in [0.25, 0.3) is 0 Å². The highest BCUT2D eigenvalue weighted by Crippen LogP contribution is 2.20. The van der Waals surface area contributed by atoms with Crippen molar-refractivity contribution in [3.05, 3.63) is 48.1 Å². The molecule has 1 rings (SSSR count). The molecule has 0 saturated carbocycles. The molecule has 94 valence electrons. The molecular formula is C14H15NO3. The summed E-state index contributed by atoms with van der Waals surface area (Å²) < 4.78 is 0. The van der Waals surface area contributed by atoms with Gasteiger partial charge in [-0.15, -0.1) is 0 Å². The zero-order valence-electron chi connectivity index (χ0n) is 10.4. The van der Waals surface area contributed by atoms with Gasteiger partial charge in [-0.2, -0.15) is 0 Å². The maximum Gasteiger partial charge on any atom is 0.328 e. The molecule has 1 aromatic carbocycles. The van der Waals surface area contributed by atoms with Gasteiger partial charge < -0.3 is 10.4 Å². The van der Waals surface area contributed by atoms with Crippen LogP contribution in [0.15, 0.2) is 36.9 Å². The Morgan fingerprint density at radius 3 is 2.50 bits per heavy atom. The van der Waals surface area contributed by atoms with E-state index in [1.54, 1.807) is 6.07 Å². The number of rotatable bonds is 4. The molecule has 0 fully saturated rings. The van der Waals surface area contributed by atoms with E-state index in [0.29, 0.717) is 5.69 Å². The van der Waals surface area contributed by atoms with Gasteiger partial charge in [-0.1, -0.05) is 18.2 Å². The summed E-state index contributed by atoms with van der Waals surface area (Å²) in [6, 6.07) is 5.54. The average molecular weight is 245 g/mol. The number of nitrogens with one attached hydrogen (secondary N) is 1. The number of amides is 1. The molecule has 18 heavy (non-hydrogen) atoms. The van der Waals surface area contributed by atoms with Crippen LogP contribution in [0.2, 0.25) is 0 Å². The van der Waals surface area contributed by atoms with E-state index >= 15 is 0 Å². The first kappa shape index (κ1) is 13.7. The first-order chi connectivity index (χ1) is 8.40. The Bertz CT molecular complexity index is 530. The van der Waals surface area contributed by atoms with Crippen LogP contribution in [0.25, 0.3) is 5.57 Å². The number of carbonyl (C=O) groups is 2. The second-order valence-electron chi connectivity index (χ2n) is 3.97. The Labute approximate surface area is 106 Å². The minimum Gasteiger partial charge on any atom is -0.478 e. The number of hydrogen-bond acceptors (Lipinski definition) is 2. The van der Waals surface area contributed by atoms with Crippen molar-refractivity contribution in [2.75, 3.05) is 5.32 Å². The second-order valence-corrected chi connectivity index (χ2v) is 3.97. The number of anilines is 1. The van der Waals surface area contributed by atoms with Gasteiger partial charge >= 0.3 is 5.97 Å².